The Labute approximate surface area is 152 Å². The number of hydrogen-bond donors (Lipinski definition) is 2. The number of nitrogens with one attached hydrogen (secondary N) is 2. The van der Waals surface area contributed by atoms with Gasteiger partial charge in [-0.3, -0.25) is 4.79 Å². The fraction of sp³-hybridized carbons (Fsp3) is 0.588. The summed E-state index contributed by atoms with van der Waals surface area (Å²) in [6, 6.07) is 9.11. The minimum atomic E-state index is 0. The Hall–Kier alpha value is -0.810. The summed E-state index contributed by atoms with van der Waals surface area (Å²) in [4.78, 5) is 14.2. The number of carbonyl (C=O) groups excluding carboxylic acids is 1. The molecule has 0 saturated carbocycles. The summed E-state index contributed by atoms with van der Waals surface area (Å²) in [5.74, 6) is 0.147. The molecule has 1 aliphatic rings. The first-order valence-corrected chi connectivity index (χ1v) is 7.79. The van der Waals surface area contributed by atoms with E-state index in [0.717, 1.165) is 13.0 Å². The number of likely N-dealkylation sites (N-methyl/N-ethyl adjacent to an activating group) is 1. The number of hydrogen-bond acceptors (Lipinski definition) is 3. The molecule has 132 valence electrons. The minimum Gasteiger partial charge on any atom is -0.354 e. The number of rotatable bonds is 6. The molecule has 2 atom stereocenters. The third-order valence-corrected chi connectivity index (χ3v) is 4.17. The molecule has 2 N–H and O–H groups in total. The zero-order valence-corrected chi connectivity index (χ0v) is 15.8. The monoisotopic (exact) mass is 361 g/mol. The van der Waals surface area contributed by atoms with Crippen LogP contribution in [0, 0.1) is 6.92 Å². The Kier molecular flexibility index (Phi) is 10.5. The van der Waals surface area contributed by atoms with Gasteiger partial charge in [0.05, 0.1) is 6.04 Å². The number of nitrogens with zero attached hydrogens (tertiary/aromatic N) is 1. The van der Waals surface area contributed by atoms with Crippen LogP contribution in [-0.2, 0) is 4.79 Å². The highest BCUT2D eigenvalue weighted by atomic mass is 35.5. The van der Waals surface area contributed by atoms with E-state index >= 15 is 0 Å². The van der Waals surface area contributed by atoms with Crippen LogP contribution in [0.1, 0.15) is 36.4 Å². The zero-order valence-electron chi connectivity index (χ0n) is 14.2. The van der Waals surface area contributed by atoms with Crippen LogP contribution >= 0.6 is 24.8 Å². The summed E-state index contributed by atoms with van der Waals surface area (Å²) >= 11 is 0. The van der Waals surface area contributed by atoms with Gasteiger partial charge in [0.2, 0.25) is 5.91 Å². The Morgan fingerprint density at radius 1 is 1.30 bits per heavy atom. The van der Waals surface area contributed by atoms with Gasteiger partial charge in [0.25, 0.3) is 0 Å². The van der Waals surface area contributed by atoms with E-state index < -0.39 is 0 Å². The molecular weight excluding hydrogens is 333 g/mol. The van der Waals surface area contributed by atoms with Crippen molar-refractivity contribution in [2.75, 3.05) is 27.2 Å². The topological polar surface area (TPSA) is 44.4 Å². The largest absolute Gasteiger partial charge is 0.354 e. The Balaban J connectivity index is 0.00000242. The molecule has 1 heterocycles. The van der Waals surface area contributed by atoms with Gasteiger partial charge < -0.3 is 15.5 Å². The molecule has 2 unspecified atom stereocenters. The highest BCUT2D eigenvalue weighted by molar-refractivity contribution is 5.85. The summed E-state index contributed by atoms with van der Waals surface area (Å²) in [5, 5.41) is 6.45. The molecule has 0 aliphatic carbocycles. The molecule has 1 fully saturated rings. The van der Waals surface area contributed by atoms with Crippen molar-refractivity contribution in [3.8, 4) is 0 Å². The van der Waals surface area contributed by atoms with Gasteiger partial charge >= 0.3 is 0 Å². The molecule has 1 saturated heterocycles. The first kappa shape index (κ1) is 22.2. The van der Waals surface area contributed by atoms with Crippen molar-refractivity contribution in [3.63, 3.8) is 0 Å². The predicted octanol–water partition coefficient (Wildman–Crippen LogP) is 2.70. The highest BCUT2D eigenvalue weighted by Crippen LogP contribution is 2.18. The molecule has 6 heteroatoms. The van der Waals surface area contributed by atoms with Gasteiger partial charge in [-0.2, -0.15) is 0 Å². The third kappa shape index (κ3) is 7.08. The van der Waals surface area contributed by atoms with Crippen molar-refractivity contribution >= 4 is 30.7 Å². The molecule has 1 aromatic carbocycles. The quantitative estimate of drug-likeness (QED) is 0.818. The maximum absolute atomic E-state index is 12.0. The van der Waals surface area contributed by atoms with E-state index in [4.69, 9.17) is 0 Å². The lowest BCUT2D eigenvalue weighted by Crippen LogP contribution is -2.37. The number of amides is 1. The molecule has 0 spiro atoms. The van der Waals surface area contributed by atoms with Crippen molar-refractivity contribution < 1.29 is 4.79 Å². The van der Waals surface area contributed by atoms with E-state index in [2.05, 4.69) is 60.8 Å². The number of aryl methyl sites for hydroxylation is 1. The van der Waals surface area contributed by atoms with Crippen LogP contribution in [0.25, 0.3) is 0 Å². The molecular formula is C17H29Cl2N3O. The van der Waals surface area contributed by atoms with Crippen molar-refractivity contribution in [3.05, 3.63) is 35.4 Å². The normalized spacial score (nSPS) is 18.0. The molecule has 4 nitrogen and oxygen atoms in total. The van der Waals surface area contributed by atoms with E-state index in [1.807, 2.05) is 0 Å². The molecule has 0 radical (unpaired) electrons. The fourth-order valence-corrected chi connectivity index (χ4v) is 2.82. The summed E-state index contributed by atoms with van der Waals surface area (Å²) in [5.41, 5.74) is 2.50. The second kappa shape index (κ2) is 10.9. The van der Waals surface area contributed by atoms with Gasteiger partial charge in [-0.15, -0.1) is 24.8 Å². The van der Waals surface area contributed by atoms with Crippen molar-refractivity contribution in [2.24, 2.45) is 0 Å². The van der Waals surface area contributed by atoms with Gasteiger partial charge in [-0.25, -0.2) is 0 Å². The van der Waals surface area contributed by atoms with Gasteiger partial charge in [-0.1, -0.05) is 29.8 Å². The lowest BCUT2D eigenvalue weighted by molar-refractivity contribution is -0.121. The van der Waals surface area contributed by atoms with Crippen LogP contribution in [0.2, 0.25) is 0 Å². The molecule has 23 heavy (non-hydrogen) atoms. The first-order valence-electron chi connectivity index (χ1n) is 7.79. The van der Waals surface area contributed by atoms with Gasteiger partial charge in [0, 0.05) is 19.0 Å². The maximum Gasteiger partial charge on any atom is 0.221 e. The molecule has 0 aromatic heterocycles. The number of halogens is 2. The summed E-state index contributed by atoms with van der Waals surface area (Å²) in [6.45, 7) is 3.79. The van der Waals surface area contributed by atoms with Crippen molar-refractivity contribution in [1.82, 2.24) is 15.5 Å². The van der Waals surface area contributed by atoms with Crippen LogP contribution in [-0.4, -0.2) is 44.0 Å². The lowest BCUT2D eigenvalue weighted by Gasteiger charge is -2.25. The minimum absolute atomic E-state index is 0. The van der Waals surface area contributed by atoms with Gasteiger partial charge in [0.1, 0.15) is 0 Å². The van der Waals surface area contributed by atoms with E-state index in [0.29, 0.717) is 19.0 Å². The second-order valence-corrected chi connectivity index (χ2v) is 6.19. The summed E-state index contributed by atoms with van der Waals surface area (Å²) in [7, 11) is 4.10. The average Bonchev–Trinajstić information content (AvgIpc) is 2.93. The van der Waals surface area contributed by atoms with Gasteiger partial charge in [0.15, 0.2) is 0 Å². The Morgan fingerprint density at radius 2 is 1.96 bits per heavy atom. The lowest BCUT2D eigenvalue weighted by atomic mass is 10.0. The molecule has 2 rings (SSSR count). The van der Waals surface area contributed by atoms with Crippen LogP contribution in [0.5, 0.6) is 0 Å². The van der Waals surface area contributed by atoms with E-state index in [1.54, 1.807) is 0 Å². The number of carbonyl (C=O) groups is 1. The molecule has 1 aromatic rings. The Bertz CT molecular complexity index is 459. The Morgan fingerprint density at radius 3 is 2.48 bits per heavy atom. The molecule has 1 amide bonds. The summed E-state index contributed by atoms with van der Waals surface area (Å²) in [6.07, 6.45) is 2.89. The van der Waals surface area contributed by atoms with Crippen molar-refractivity contribution in [1.29, 1.82) is 0 Å². The zero-order chi connectivity index (χ0) is 15.2. The van der Waals surface area contributed by atoms with Crippen LogP contribution in [0.3, 0.4) is 0 Å². The first-order chi connectivity index (χ1) is 10.1. The van der Waals surface area contributed by atoms with Crippen molar-refractivity contribution in [2.45, 2.75) is 38.3 Å². The van der Waals surface area contributed by atoms with Crippen LogP contribution in [0.15, 0.2) is 24.3 Å². The van der Waals surface area contributed by atoms with E-state index in [-0.39, 0.29) is 36.8 Å². The molecule has 0 bridgehead atoms. The SMILES string of the molecule is Cc1ccc(C(CNC(=O)CC2CCCN2)N(C)C)cc1.Cl.Cl. The maximum atomic E-state index is 12.0. The van der Waals surface area contributed by atoms with E-state index in [9.17, 15) is 4.79 Å². The van der Waals surface area contributed by atoms with Gasteiger partial charge in [-0.05, 0) is 46.0 Å². The predicted molar refractivity (Wildman–Crippen MR) is 101 cm³/mol. The number of benzene rings is 1. The average molecular weight is 362 g/mol. The van der Waals surface area contributed by atoms with Crippen LogP contribution < -0.4 is 10.6 Å². The highest BCUT2D eigenvalue weighted by Gasteiger charge is 2.19. The summed E-state index contributed by atoms with van der Waals surface area (Å²) < 4.78 is 0. The fourth-order valence-electron chi connectivity index (χ4n) is 2.82. The van der Waals surface area contributed by atoms with Crippen LogP contribution in [0.4, 0.5) is 0 Å². The second-order valence-electron chi connectivity index (χ2n) is 6.19. The smallest absolute Gasteiger partial charge is 0.221 e. The third-order valence-electron chi connectivity index (χ3n) is 4.17. The molecule has 1 aliphatic heterocycles. The van der Waals surface area contributed by atoms with E-state index in [1.165, 1.54) is 17.5 Å². The standard InChI is InChI=1S/C17H27N3O.2ClH/c1-13-6-8-14(9-7-13)16(20(2)3)12-19-17(21)11-15-5-4-10-18-15;;/h6-9,15-16,18H,4-5,10-12H2,1-3H3,(H,19,21);2*1H.